The molecule has 0 unspecified atom stereocenters. The van der Waals surface area contributed by atoms with Gasteiger partial charge in [-0.15, -0.1) is 0 Å². The van der Waals surface area contributed by atoms with Crippen LogP contribution in [0.5, 0.6) is 11.5 Å². The molecule has 0 spiro atoms. The number of aryl methyl sites for hydroxylation is 2. The molecule has 3 nitrogen and oxygen atoms in total. The molecule has 2 aromatic carbocycles. The van der Waals surface area contributed by atoms with Gasteiger partial charge in [0.05, 0.1) is 13.2 Å². The van der Waals surface area contributed by atoms with E-state index >= 15 is 0 Å². The first-order valence-corrected chi connectivity index (χ1v) is 10.5. The van der Waals surface area contributed by atoms with Gasteiger partial charge < -0.3 is 14.9 Å². The molecule has 0 radical (unpaired) electrons. The van der Waals surface area contributed by atoms with Crippen LogP contribution in [0.15, 0.2) is 24.3 Å². The summed E-state index contributed by atoms with van der Waals surface area (Å²) in [5.41, 5.74) is 6.02. The van der Waals surface area contributed by atoms with E-state index in [0.717, 1.165) is 35.1 Å². The maximum absolute atomic E-state index is 10.4. The van der Waals surface area contributed by atoms with Gasteiger partial charge in [-0.05, 0) is 70.9 Å². The van der Waals surface area contributed by atoms with Crippen LogP contribution in [0.2, 0.25) is 0 Å². The fourth-order valence-corrected chi connectivity index (χ4v) is 3.62. The van der Waals surface area contributed by atoms with Gasteiger partial charge in [0.1, 0.15) is 11.5 Å². The van der Waals surface area contributed by atoms with Crippen molar-refractivity contribution in [1.29, 1.82) is 0 Å². The summed E-state index contributed by atoms with van der Waals surface area (Å²) in [5.74, 6) is 0.805. The number of rotatable bonds is 6. The zero-order chi connectivity index (χ0) is 22.0. The molecular formula is C26H38O3. The molecule has 0 aliphatic heterocycles. The predicted octanol–water partition coefficient (Wildman–Crippen LogP) is 6.11. The monoisotopic (exact) mass is 398 g/mol. The van der Waals surface area contributed by atoms with E-state index in [4.69, 9.17) is 4.74 Å². The Balaban J connectivity index is 1.96. The number of benzene rings is 2. The number of ether oxygens (including phenoxy) is 1. The molecule has 0 aromatic heterocycles. The minimum Gasteiger partial charge on any atom is -0.507 e. The van der Waals surface area contributed by atoms with Gasteiger partial charge in [-0.1, -0.05) is 65.8 Å². The topological polar surface area (TPSA) is 49.7 Å². The van der Waals surface area contributed by atoms with E-state index in [2.05, 4.69) is 53.7 Å². The van der Waals surface area contributed by atoms with Gasteiger partial charge in [0.15, 0.2) is 0 Å². The standard InChI is InChI=1S/C26H38O3/c1-17-13-19(15-21(23(17)27)25(3,4)5)9-11-29-12-10-20-14-18(2)24(28)22(16-20)26(6,7)8/h13-16,27-28H,9-12H2,1-8H3. The maximum Gasteiger partial charge on any atom is 0.122 e. The van der Waals surface area contributed by atoms with E-state index in [0.29, 0.717) is 24.7 Å². The lowest BCUT2D eigenvalue weighted by Crippen LogP contribution is -2.13. The zero-order valence-electron chi connectivity index (χ0n) is 19.4. The first-order valence-electron chi connectivity index (χ1n) is 10.5. The summed E-state index contributed by atoms with van der Waals surface area (Å²) in [6.45, 7) is 17.9. The number of phenolic OH excluding ortho intramolecular Hbond substituents is 2. The lowest BCUT2D eigenvalue weighted by molar-refractivity contribution is 0.140. The molecule has 0 fully saturated rings. The molecule has 0 amide bonds. The van der Waals surface area contributed by atoms with Crippen molar-refractivity contribution >= 4 is 0 Å². The van der Waals surface area contributed by atoms with Crippen molar-refractivity contribution in [2.24, 2.45) is 0 Å². The van der Waals surface area contributed by atoms with Gasteiger partial charge in [-0.3, -0.25) is 0 Å². The van der Waals surface area contributed by atoms with Crippen molar-refractivity contribution in [2.45, 2.75) is 79.1 Å². The average molecular weight is 399 g/mol. The molecule has 0 bridgehead atoms. The second-order valence-electron chi connectivity index (χ2n) is 10.2. The number of hydrogen-bond donors (Lipinski definition) is 2. The zero-order valence-corrected chi connectivity index (χ0v) is 19.4. The number of phenols is 2. The van der Waals surface area contributed by atoms with Crippen LogP contribution in [0.4, 0.5) is 0 Å². The van der Waals surface area contributed by atoms with Crippen LogP contribution in [0, 0.1) is 13.8 Å². The third-order valence-corrected chi connectivity index (χ3v) is 5.41. The van der Waals surface area contributed by atoms with E-state index in [1.165, 1.54) is 11.1 Å². The second-order valence-corrected chi connectivity index (χ2v) is 10.2. The third kappa shape index (κ3) is 5.99. The van der Waals surface area contributed by atoms with Gasteiger partial charge in [0.2, 0.25) is 0 Å². The van der Waals surface area contributed by atoms with Crippen LogP contribution in [0.1, 0.15) is 74.9 Å². The number of aromatic hydroxyl groups is 2. The summed E-state index contributed by atoms with van der Waals surface area (Å²) in [6.07, 6.45) is 1.65. The van der Waals surface area contributed by atoms with Gasteiger partial charge in [0, 0.05) is 0 Å². The van der Waals surface area contributed by atoms with E-state index in [1.807, 2.05) is 26.0 Å². The summed E-state index contributed by atoms with van der Waals surface area (Å²) in [5, 5.41) is 20.7. The summed E-state index contributed by atoms with van der Waals surface area (Å²) >= 11 is 0. The SMILES string of the molecule is Cc1cc(CCOCCc2cc(C)c(O)c(C(C)(C)C)c2)cc(C(C)(C)C)c1O. The van der Waals surface area contributed by atoms with E-state index in [9.17, 15) is 10.2 Å². The molecule has 2 rings (SSSR count). The first-order chi connectivity index (χ1) is 13.3. The average Bonchev–Trinajstić information content (AvgIpc) is 2.58. The largest absolute Gasteiger partial charge is 0.507 e. The normalized spacial score (nSPS) is 12.4. The van der Waals surface area contributed by atoms with Crippen LogP contribution >= 0.6 is 0 Å². The van der Waals surface area contributed by atoms with Crippen molar-refractivity contribution in [3.8, 4) is 11.5 Å². The van der Waals surface area contributed by atoms with Crippen LogP contribution in [0.3, 0.4) is 0 Å². The van der Waals surface area contributed by atoms with Crippen molar-refractivity contribution in [1.82, 2.24) is 0 Å². The molecule has 0 saturated heterocycles. The van der Waals surface area contributed by atoms with Crippen LogP contribution in [-0.4, -0.2) is 23.4 Å². The summed E-state index contributed by atoms with van der Waals surface area (Å²) < 4.78 is 5.91. The van der Waals surface area contributed by atoms with Crippen LogP contribution < -0.4 is 0 Å². The minimum absolute atomic E-state index is 0.0901. The highest BCUT2D eigenvalue weighted by molar-refractivity contribution is 5.47. The Morgan fingerprint density at radius 3 is 1.31 bits per heavy atom. The Kier molecular flexibility index (Phi) is 7.06. The van der Waals surface area contributed by atoms with Gasteiger partial charge in [-0.2, -0.15) is 0 Å². The van der Waals surface area contributed by atoms with Crippen molar-refractivity contribution in [2.75, 3.05) is 13.2 Å². The van der Waals surface area contributed by atoms with Crippen molar-refractivity contribution in [3.63, 3.8) is 0 Å². The van der Waals surface area contributed by atoms with Gasteiger partial charge in [-0.25, -0.2) is 0 Å². The summed E-state index contributed by atoms with van der Waals surface area (Å²) in [7, 11) is 0. The Morgan fingerprint density at radius 1 is 0.655 bits per heavy atom. The highest BCUT2D eigenvalue weighted by Gasteiger charge is 2.21. The molecule has 0 heterocycles. The molecular weight excluding hydrogens is 360 g/mol. The highest BCUT2D eigenvalue weighted by Crippen LogP contribution is 2.35. The minimum atomic E-state index is -0.0901. The van der Waals surface area contributed by atoms with Crippen molar-refractivity contribution < 1.29 is 14.9 Å². The Hall–Kier alpha value is -2.00. The van der Waals surface area contributed by atoms with Gasteiger partial charge >= 0.3 is 0 Å². The molecule has 0 atom stereocenters. The van der Waals surface area contributed by atoms with E-state index in [1.54, 1.807) is 0 Å². The van der Waals surface area contributed by atoms with E-state index in [-0.39, 0.29) is 10.8 Å². The maximum atomic E-state index is 10.4. The smallest absolute Gasteiger partial charge is 0.122 e. The second kappa shape index (κ2) is 8.79. The summed E-state index contributed by atoms with van der Waals surface area (Å²) in [4.78, 5) is 0. The fraction of sp³-hybridized carbons (Fsp3) is 0.538. The molecule has 29 heavy (non-hydrogen) atoms. The molecule has 0 saturated carbocycles. The van der Waals surface area contributed by atoms with E-state index < -0.39 is 0 Å². The molecule has 2 aromatic rings. The Labute approximate surface area is 176 Å². The quantitative estimate of drug-likeness (QED) is 0.577. The fourth-order valence-electron chi connectivity index (χ4n) is 3.62. The molecule has 0 aliphatic rings. The predicted molar refractivity (Wildman–Crippen MR) is 121 cm³/mol. The Morgan fingerprint density at radius 2 is 1.00 bits per heavy atom. The number of hydrogen-bond acceptors (Lipinski definition) is 3. The third-order valence-electron chi connectivity index (χ3n) is 5.41. The molecule has 160 valence electrons. The van der Waals surface area contributed by atoms with Crippen molar-refractivity contribution in [3.05, 3.63) is 57.6 Å². The lowest BCUT2D eigenvalue weighted by Gasteiger charge is -2.23. The van der Waals surface area contributed by atoms with Gasteiger partial charge in [0.25, 0.3) is 0 Å². The van der Waals surface area contributed by atoms with Crippen LogP contribution in [0.25, 0.3) is 0 Å². The molecule has 0 aliphatic carbocycles. The lowest BCUT2D eigenvalue weighted by atomic mass is 9.84. The highest BCUT2D eigenvalue weighted by atomic mass is 16.5. The molecule has 2 N–H and O–H groups in total. The first kappa shape index (κ1) is 23.3. The van der Waals surface area contributed by atoms with Crippen LogP contribution in [-0.2, 0) is 28.4 Å². The molecule has 3 heteroatoms. The summed E-state index contributed by atoms with van der Waals surface area (Å²) in [6, 6.07) is 8.30. The Bertz CT molecular complexity index is 780.